The molecule has 1 aromatic heterocycles. The molecule has 0 spiro atoms. The topological polar surface area (TPSA) is 41.6 Å². The Bertz CT molecular complexity index is 507. The van der Waals surface area contributed by atoms with Crippen LogP contribution in [0, 0.1) is 6.92 Å². The number of likely N-dealkylation sites (tertiary alicyclic amines) is 1. The van der Waals surface area contributed by atoms with E-state index >= 15 is 0 Å². The maximum atomic E-state index is 12.2. The summed E-state index contributed by atoms with van der Waals surface area (Å²) in [6, 6.07) is 2.81. The van der Waals surface area contributed by atoms with Crippen LogP contribution in [-0.2, 0) is 4.74 Å². The van der Waals surface area contributed by atoms with Gasteiger partial charge in [0.25, 0.3) is 0 Å². The molecule has 2 atom stereocenters. The van der Waals surface area contributed by atoms with Gasteiger partial charge in [-0.3, -0.25) is 0 Å². The lowest BCUT2D eigenvalue weighted by Gasteiger charge is -2.35. The predicted molar refractivity (Wildman–Crippen MR) is 91.4 cm³/mol. The van der Waals surface area contributed by atoms with E-state index < -0.39 is 5.60 Å². The number of aryl methyl sites for hydroxylation is 1. The zero-order valence-electron chi connectivity index (χ0n) is 14.3. The fourth-order valence-corrected chi connectivity index (χ4v) is 3.81. The largest absolute Gasteiger partial charge is 0.444 e. The Morgan fingerprint density at radius 2 is 2.23 bits per heavy atom. The standard InChI is InChI=1S/C17H28N2O2S/c1-12-8-10-22-15(12)13(2)18-14-7-6-9-19(11-14)16(20)21-17(3,4)5/h8,10,13-14,18H,6-7,9,11H2,1-5H3. The van der Waals surface area contributed by atoms with E-state index in [4.69, 9.17) is 4.74 Å². The molecule has 1 saturated heterocycles. The highest BCUT2D eigenvalue weighted by Gasteiger charge is 2.28. The molecule has 4 nitrogen and oxygen atoms in total. The van der Waals surface area contributed by atoms with Crippen molar-refractivity contribution in [2.45, 2.75) is 65.1 Å². The van der Waals surface area contributed by atoms with Crippen LogP contribution in [0.5, 0.6) is 0 Å². The van der Waals surface area contributed by atoms with Crippen molar-refractivity contribution in [1.29, 1.82) is 0 Å². The van der Waals surface area contributed by atoms with Gasteiger partial charge in [-0.05, 0) is 64.5 Å². The molecule has 124 valence electrons. The first-order chi connectivity index (χ1) is 10.3. The Hall–Kier alpha value is -1.07. The first kappa shape index (κ1) is 17.3. The zero-order chi connectivity index (χ0) is 16.3. The lowest BCUT2D eigenvalue weighted by molar-refractivity contribution is 0.0184. The molecule has 2 unspecified atom stereocenters. The number of carbonyl (C=O) groups excluding carboxylic acids is 1. The van der Waals surface area contributed by atoms with E-state index in [-0.39, 0.29) is 6.09 Å². The number of nitrogens with zero attached hydrogens (tertiary/aromatic N) is 1. The second-order valence-electron chi connectivity index (χ2n) is 7.12. The van der Waals surface area contributed by atoms with Crippen LogP contribution >= 0.6 is 11.3 Å². The molecule has 1 N–H and O–H groups in total. The summed E-state index contributed by atoms with van der Waals surface area (Å²) in [6.45, 7) is 11.6. The third-order valence-electron chi connectivity index (χ3n) is 3.85. The van der Waals surface area contributed by atoms with Crippen LogP contribution in [0.1, 0.15) is 57.0 Å². The number of carbonyl (C=O) groups is 1. The molecule has 0 radical (unpaired) electrons. The first-order valence-electron chi connectivity index (χ1n) is 8.04. The number of rotatable bonds is 3. The van der Waals surface area contributed by atoms with Crippen molar-refractivity contribution < 1.29 is 9.53 Å². The highest BCUT2D eigenvalue weighted by Crippen LogP contribution is 2.25. The average molecular weight is 324 g/mol. The quantitative estimate of drug-likeness (QED) is 0.910. The van der Waals surface area contributed by atoms with E-state index in [2.05, 4.69) is 30.6 Å². The normalized spacial score (nSPS) is 20.8. The van der Waals surface area contributed by atoms with E-state index in [0.717, 1.165) is 25.9 Å². The SMILES string of the molecule is Cc1ccsc1C(C)NC1CCCN(C(=O)OC(C)(C)C)C1. The van der Waals surface area contributed by atoms with Crippen molar-refractivity contribution in [3.8, 4) is 0 Å². The van der Waals surface area contributed by atoms with Gasteiger partial charge in [-0.2, -0.15) is 0 Å². The van der Waals surface area contributed by atoms with Gasteiger partial charge in [-0.25, -0.2) is 4.79 Å². The summed E-state index contributed by atoms with van der Waals surface area (Å²) in [5, 5.41) is 5.81. The molecule has 0 bridgehead atoms. The predicted octanol–water partition coefficient (Wildman–Crippen LogP) is 4.11. The lowest BCUT2D eigenvalue weighted by atomic mass is 10.0. The molecule has 2 rings (SSSR count). The minimum absolute atomic E-state index is 0.195. The van der Waals surface area contributed by atoms with Gasteiger partial charge in [0.05, 0.1) is 0 Å². The number of thiophene rings is 1. The van der Waals surface area contributed by atoms with E-state index in [1.165, 1.54) is 10.4 Å². The van der Waals surface area contributed by atoms with E-state index in [1.54, 1.807) is 11.3 Å². The second kappa shape index (κ2) is 7.01. The number of amides is 1. The Morgan fingerprint density at radius 1 is 1.50 bits per heavy atom. The van der Waals surface area contributed by atoms with Crippen LogP contribution in [0.25, 0.3) is 0 Å². The minimum Gasteiger partial charge on any atom is -0.444 e. The Kier molecular flexibility index (Phi) is 5.50. The number of hydrogen-bond donors (Lipinski definition) is 1. The van der Waals surface area contributed by atoms with Gasteiger partial charge in [-0.1, -0.05) is 0 Å². The van der Waals surface area contributed by atoms with Gasteiger partial charge in [0.2, 0.25) is 0 Å². The molecule has 0 aromatic carbocycles. The summed E-state index contributed by atoms with van der Waals surface area (Å²) in [4.78, 5) is 15.4. The maximum absolute atomic E-state index is 12.2. The third-order valence-corrected chi connectivity index (χ3v) is 5.06. The van der Waals surface area contributed by atoms with Crippen LogP contribution in [0.3, 0.4) is 0 Å². The van der Waals surface area contributed by atoms with Crippen molar-refractivity contribution in [2.24, 2.45) is 0 Å². The molecular formula is C17H28N2O2S. The summed E-state index contributed by atoms with van der Waals surface area (Å²) in [5.41, 5.74) is 0.906. The molecule has 1 amide bonds. The molecule has 0 saturated carbocycles. The minimum atomic E-state index is -0.432. The van der Waals surface area contributed by atoms with Crippen LogP contribution in [0.15, 0.2) is 11.4 Å². The number of piperidine rings is 1. The molecule has 1 aliphatic heterocycles. The maximum Gasteiger partial charge on any atom is 0.410 e. The fraction of sp³-hybridized carbons (Fsp3) is 0.706. The van der Waals surface area contributed by atoms with Crippen LogP contribution in [-0.4, -0.2) is 35.7 Å². The molecule has 22 heavy (non-hydrogen) atoms. The number of nitrogens with one attached hydrogen (secondary N) is 1. The second-order valence-corrected chi connectivity index (χ2v) is 8.07. The van der Waals surface area contributed by atoms with E-state index in [0.29, 0.717) is 12.1 Å². The van der Waals surface area contributed by atoms with Gasteiger partial charge in [0.15, 0.2) is 0 Å². The highest BCUT2D eigenvalue weighted by atomic mass is 32.1. The lowest BCUT2D eigenvalue weighted by Crippen LogP contribution is -2.49. The molecular weight excluding hydrogens is 296 g/mol. The van der Waals surface area contributed by atoms with Crippen molar-refractivity contribution >= 4 is 17.4 Å². The summed E-state index contributed by atoms with van der Waals surface area (Å²) < 4.78 is 5.48. The molecule has 1 aromatic rings. The summed E-state index contributed by atoms with van der Waals surface area (Å²) >= 11 is 1.79. The van der Waals surface area contributed by atoms with E-state index in [9.17, 15) is 4.79 Å². The smallest absolute Gasteiger partial charge is 0.410 e. The van der Waals surface area contributed by atoms with Crippen molar-refractivity contribution in [1.82, 2.24) is 10.2 Å². The molecule has 5 heteroatoms. The zero-order valence-corrected chi connectivity index (χ0v) is 15.1. The highest BCUT2D eigenvalue weighted by molar-refractivity contribution is 7.10. The van der Waals surface area contributed by atoms with Gasteiger partial charge in [-0.15, -0.1) is 11.3 Å². The van der Waals surface area contributed by atoms with Gasteiger partial charge >= 0.3 is 6.09 Å². The van der Waals surface area contributed by atoms with Crippen molar-refractivity contribution in [2.75, 3.05) is 13.1 Å². The van der Waals surface area contributed by atoms with Crippen LogP contribution in [0.2, 0.25) is 0 Å². The summed E-state index contributed by atoms with van der Waals surface area (Å²) in [6.07, 6.45) is 1.93. The summed E-state index contributed by atoms with van der Waals surface area (Å²) in [7, 11) is 0. The Morgan fingerprint density at radius 3 is 2.82 bits per heavy atom. The molecule has 1 aliphatic rings. The molecule has 0 aliphatic carbocycles. The number of ether oxygens (including phenoxy) is 1. The van der Waals surface area contributed by atoms with Crippen LogP contribution < -0.4 is 5.32 Å². The molecule has 1 fully saturated rings. The van der Waals surface area contributed by atoms with Gasteiger partial charge < -0.3 is 15.0 Å². The Balaban J connectivity index is 1.91. The van der Waals surface area contributed by atoms with Crippen molar-refractivity contribution in [3.63, 3.8) is 0 Å². The van der Waals surface area contributed by atoms with Gasteiger partial charge in [0, 0.05) is 30.1 Å². The third kappa shape index (κ3) is 4.71. The van der Waals surface area contributed by atoms with Crippen LogP contribution in [0.4, 0.5) is 4.79 Å². The Labute approximate surface area is 137 Å². The molecule has 2 heterocycles. The monoisotopic (exact) mass is 324 g/mol. The number of hydrogen-bond acceptors (Lipinski definition) is 4. The first-order valence-corrected chi connectivity index (χ1v) is 8.92. The van der Waals surface area contributed by atoms with Crippen molar-refractivity contribution in [3.05, 3.63) is 21.9 Å². The fourth-order valence-electron chi connectivity index (χ4n) is 2.86. The summed E-state index contributed by atoms with van der Waals surface area (Å²) in [5.74, 6) is 0. The van der Waals surface area contributed by atoms with Gasteiger partial charge in [0.1, 0.15) is 5.60 Å². The average Bonchev–Trinajstić information content (AvgIpc) is 2.83. The van der Waals surface area contributed by atoms with E-state index in [1.807, 2.05) is 25.7 Å².